The molecule has 0 fully saturated rings. The molecule has 0 aliphatic carbocycles. The molecule has 1 heterocycles. The first-order valence-electron chi connectivity index (χ1n) is 5.65. The van der Waals surface area contributed by atoms with Crippen molar-refractivity contribution in [1.82, 2.24) is 4.98 Å². The van der Waals surface area contributed by atoms with Gasteiger partial charge in [-0.25, -0.2) is 4.98 Å². The molecular weight excluding hydrogens is 212 g/mol. The van der Waals surface area contributed by atoms with Gasteiger partial charge in [0, 0.05) is 5.69 Å². The minimum Gasteiger partial charge on any atom is -0.394 e. The number of aliphatic hydroxyl groups excluding tert-OH is 1. The van der Waals surface area contributed by atoms with E-state index in [1.54, 1.807) is 0 Å². The fourth-order valence-electron chi connectivity index (χ4n) is 1.72. The number of nitrogens with one attached hydrogen (secondary N) is 1. The number of hydrogen-bond donors (Lipinski definition) is 2. The first kappa shape index (κ1) is 11.6. The zero-order valence-corrected chi connectivity index (χ0v) is 9.80. The van der Waals surface area contributed by atoms with Crippen LogP contribution in [-0.2, 0) is 0 Å². The van der Waals surface area contributed by atoms with Gasteiger partial charge in [0.25, 0.3) is 0 Å². The molecule has 1 unspecified atom stereocenters. The van der Waals surface area contributed by atoms with Crippen LogP contribution in [0.5, 0.6) is 0 Å². The Bertz CT molecular complexity index is 471. The van der Waals surface area contributed by atoms with Crippen molar-refractivity contribution in [1.29, 1.82) is 0 Å². The van der Waals surface area contributed by atoms with Gasteiger partial charge in [0.1, 0.15) is 5.82 Å². The maximum atomic E-state index is 9.42. The van der Waals surface area contributed by atoms with Crippen LogP contribution in [0.4, 0.5) is 5.82 Å². The van der Waals surface area contributed by atoms with Gasteiger partial charge in [-0.2, -0.15) is 0 Å². The molecule has 0 radical (unpaired) electrons. The molecule has 0 saturated carbocycles. The van der Waals surface area contributed by atoms with Crippen LogP contribution in [0.25, 0.3) is 0 Å². The molecule has 3 nitrogen and oxygen atoms in total. The van der Waals surface area contributed by atoms with Crippen LogP contribution in [-0.4, -0.2) is 16.7 Å². The Morgan fingerprint density at radius 3 is 2.53 bits per heavy atom. The van der Waals surface area contributed by atoms with Crippen LogP contribution in [0.1, 0.15) is 17.3 Å². The average molecular weight is 228 g/mol. The number of nitrogens with zero attached hydrogens (tertiary/aromatic N) is 1. The largest absolute Gasteiger partial charge is 0.394 e. The molecule has 2 aromatic rings. The van der Waals surface area contributed by atoms with Crippen LogP contribution in [0, 0.1) is 6.92 Å². The van der Waals surface area contributed by atoms with Crippen LogP contribution < -0.4 is 5.32 Å². The van der Waals surface area contributed by atoms with Crippen molar-refractivity contribution in [3.63, 3.8) is 0 Å². The summed E-state index contributed by atoms with van der Waals surface area (Å²) in [6.07, 6.45) is 0. The lowest BCUT2D eigenvalue weighted by molar-refractivity contribution is 0.276. The third kappa shape index (κ3) is 3.04. The maximum Gasteiger partial charge on any atom is 0.126 e. The number of aryl methyl sites for hydroxylation is 1. The number of aromatic nitrogens is 1. The summed E-state index contributed by atoms with van der Waals surface area (Å²) in [5, 5.41) is 12.6. The lowest BCUT2D eigenvalue weighted by Crippen LogP contribution is -2.15. The van der Waals surface area contributed by atoms with Crippen molar-refractivity contribution < 1.29 is 5.11 Å². The summed E-state index contributed by atoms with van der Waals surface area (Å²) in [5.74, 6) is 0.785. The minimum absolute atomic E-state index is 0.0413. The number of hydrogen-bond acceptors (Lipinski definition) is 3. The van der Waals surface area contributed by atoms with Gasteiger partial charge in [0.15, 0.2) is 0 Å². The van der Waals surface area contributed by atoms with E-state index in [1.807, 2.05) is 55.5 Å². The van der Waals surface area contributed by atoms with E-state index in [9.17, 15) is 5.11 Å². The van der Waals surface area contributed by atoms with Gasteiger partial charge in [-0.05, 0) is 24.6 Å². The molecular formula is C14H16N2O. The van der Waals surface area contributed by atoms with Gasteiger partial charge >= 0.3 is 0 Å². The molecule has 0 amide bonds. The van der Waals surface area contributed by atoms with E-state index in [0.717, 1.165) is 17.1 Å². The second-order valence-electron chi connectivity index (χ2n) is 3.95. The van der Waals surface area contributed by atoms with Crippen LogP contribution in [0.15, 0.2) is 48.5 Å². The predicted molar refractivity (Wildman–Crippen MR) is 68.9 cm³/mol. The van der Waals surface area contributed by atoms with Gasteiger partial charge in [0.05, 0.1) is 12.6 Å². The van der Waals surface area contributed by atoms with Gasteiger partial charge in [0.2, 0.25) is 0 Å². The van der Waals surface area contributed by atoms with Gasteiger partial charge < -0.3 is 10.4 Å². The van der Waals surface area contributed by atoms with Gasteiger partial charge in [-0.1, -0.05) is 36.4 Å². The van der Waals surface area contributed by atoms with Gasteiger partial charge in [-0.15, -0.1) is 0 Å². The second-order valence-corrected chi connectivity index (χ2v) is 3.95. The highest BCUT2D eigenvalue weighted by Crippen LogP contribution is 2.17. The topological polar surface area (TPSA) is 45.1 Å². The molecule has 0 spiro atoms. The van der Waals surface area contributed by atoms with Crippen molar-refractivity contribution in [2.45, 2.75) is 13.0 Å². The average Bonchev–Trinajstić information content (AvgIpc) is 2.37. The quantitative estimate of drug-likeness (QED) is 0.845. The highest BCUT2D eigenvalue weighted by atomic mass is 16.3. The zero-order valence-electron chi connectivity index (χ0n) is 9.80. The summed E-state index contributed by atoms with van der Waals surface area (Å²) in [7, 11) is 0. The molecule has 3 heteroatoms. The smallest absolute Gasteiger partial charge is 0.126 e. The van der Waals surface area contributed by atoms with Crippen LogP contribution in [0.2, 0.25) is 0 Å². The summed E-state index contributed by atoms with van der Waals surface area (Å²) in [4.78, 5) is 4.36. The lowest BCUT2D eigenvalue weighted by atomic mass is 10.1. The first-order chi connectivity index (χ1) is 8.29. The Hall–Kier alpha value is -1.87. The lowest BCUT2D eigenvalue weighted by Gasteiger charge is -2.17. The molecule has 0 aliphatic rings. The fourth-order valence-corrected chi connectivity index (χ4v) is 1.72. The summed E-state index contributed by atoms with van der Waals surface area (Å²) in [5.41, 5.74) is 2.01. The SMILES string of the molecule is Cc1cccc(NC(CO)c2ccccc2)n1. The predicted octanol–water partition coefficient (Wildman–Crippen LogP) is 2.54. The number of rotatable bonds is 4. The molecule has 0 aliphatic heterocycles. The molecule has 1 aromatic heterocycles. The summed E-state index contributed by atoms with van der Waals surface area (Å²) in [6.45, 7) is 1.99. The monoisotopic (exact) mass is 228 g/mol. The Balaban J connectivity index is 2.16. The second kappa shape index (κ2) is 5.46. The van der Waals surface area contributed by atoms with Crippen molar-refractivity contribution >= 4 is 5.82 Å². The Morgan fingerprint density at radius 1 is 1.12 bits per heavy atom. The minimum atomic E-state index is -0.120. The van der Waals surface area contributed by atoms with E-state index >= 15 is 0 Å². The van der Waals surface area contributed by atoms with Crippen molar-refractivity contribution in [3.05, 3.63) is 59.8 Å². The van der Waals surface area contributed by atoms with Crippen LogP contribution in [0.3, 0.4) is 0 Å². The number of benzene rings is 1. The number of pyridine rings is 1. The van der Waals surface area contributed by atoms with Gasteiger partial charge in [-0.3, -0.25) is 0 Å². The van der Waals surface area contributed by atoms with Crippen molar-refractivity contribution in [2.75, 3.05) is 11.9 Å². The molecule has 17 heavy (non-hydrogen) atoms. The normalized spacial score (nSPS) is 12.1. The highest BCUT2D eigenvalue weighted by Gasteiger charge is 2.09. The fraction of sp³-hybridized carbons (Fsp3) is 0.214. The Labute approximate surface area is 101 Å². The van der Waals surface area contributed by atoms with E-state index in [1.165, 1.54) is 0 Å². The Morgan fingerprint density at radius 2 is 1.88 bits per heavy atom. The Kier molecular flexibility index (Phi) is 3.73. The third-order valence-electron chi connectivity index (χ3n) is 2.59. The molecule has 0 bridgehead atoms. The maximum absolute atomic E-state index is 9.42. The summed E-state index contributed by atoms with van der Waals surface area (Å²) < 4.78 is 0. The number of aliphatic hydroxyl groups is 1. The molecule has 88 valence electrons. The van der Waals surface area contributed by atoms with Crippen LogP contribution >= 0.6 is 0 Å². The standard InChI is InChI=1S/C14H16N2O/c1-11-6-5-9-14(15-11)16-13(10-17)12-7-3-2-4-8-12/h2-9,13,17H,10H2,1H3,(H,15,16). The third-order valence-corrected chi connectivity index (χ3v) is 2.59. The van der Waals surface area contributed by atoms with E-state index in [0.29, 0.717) is 0 Å². The molecule has 1 atom stereocenters. The first-order valence-corrected chi connectivity index (χ1v) is 5.65. The molecule has 2 N–H and O–H groups in total. The number of anilines is 1. The van der Waals surface area contributed by atoms with Crippen molar-refractivity contribution in [3.8, 4) is 0 Å². The van der Waals surface area contributed by atoms with E-state index in [2.05, 4.69) is 10.3 Å². The van der Waals surface area contributed by atoms with E-state index < -0.39 is 0 Å². The molecule has 0 saturated heterocycles. The molecule has 2 rings (SSSR count). The van der Waals surface area contributed by atoms with E-state index in [4.69, 9.17) is 0 Å². The van der Waals surface area contributed by atoms with E-state index in [-0.39, 0.29) is 12.6 Å². The van der Waals surface area contributed by atoms with Crippen molar-refractivity contribution in [2.24, 2.45) is 0 Å². The summed E-state index contributed by atoms with van der Waals surface area (Å²) >= 11 is 0. The highest BCUT2D eigenvalue weighted by molar-refractivity contribution is 5.39. The summed E-state index contributed by atoms with van der Waals surface area (Å²) in [6, 6.07) is 15.5. The molecule has 1 aromatic carbocycles. The zero-order chi connectivity index (χ0) is 12.1.